The molecule has 1 aromatic rings. The molecule has 0 radical (unpaired) electrons. The van der Waals surface area contributed by atoms with Gasteiger partial charge in [0, 0.05) is 31.0 Å². The summed E-state index contributed by atoms with van der Waals surface area (Å²) in [5.74, 6) is 0.332. The number of hydrogen-bond acceptors (Lipinski definition) is 2. The van der Waals surface area contributed by atoms with E-state index in [9.17, 15) is 8.42 Å². The molecule has 4 nitrogen and oxygen atoms in total. The van der Waals surface area contributed by atoms with Crippen LogP contribution in [0.3, 0.4) is 0 Å². The summed E-state index contributed by atoms with van der Waals surface area (Å²) in [6.45, 7) is 5.17. The van der Waals surface area contributed by atoms with E-state index in [0.29, 0.717) is 17.3 Å². The molecule has 6 heteroatoms. The quantitative estimate of drug-likeness (QED) is 0.747. The van der Waals surface area contributed by atoms with E-state index in [0.717, 1.165) is 37.9 Å². The largest absolute Gasteiger partial charge is 0.349 e. The van der Waals surface area contributed by atoms with Crippen LogP contribution in [0.2, 0.25) is 0 Å². The fourth-order valence-electron chi connectivity index (χ4n) is 3.20. The average molecular weight is 333 g/mol. The lowest BCUT2D eigenvalue weighted by Gasteiger charge is -2.32. The van der Waals surface area contributed by atoms with Gasteiger partial charge in [-0.1, -0.05) is 26.2 Å². The van der Waals surface area contributed by atoms with Crippen LogP contribution in [0.5, 0.6) is 0 Å². The first-order chi connectivity index (χ1) is 10.0. The maximum absolute atomic E-state index is 12.9. The summed E-state index contributed by atoms with van der Waals surface area (Å²) < 4.78 is 29.5. The van der Waals surface area contributed by atoms with Crippen molar-refractivity contribution in [2.24, 2.45) is 0 Å². The Morgan fingerprint density at radius 1 is 1.29 bits per heavy atom. The summed E-state index contributed by atoms with van der Waals surface area (Å²) in [6.07, 6.45) is 7.14. The van der Waals surface area contributed by atoms with Gasteiger partial charge in [-0.25, -0.2) is 8.42 Å². The number of hydrogen-bond donors (Lipinski definition) is 0. The van der Waals surface area contributed by atoms with Crippen molar-refractivity contribution in [1.29, 1.82) is 0 Å². The monoisotopic (exact) mass is 332 g/mol. The first-order valence-electron chi connectivity index (χ1n) is 7.81. The first kappa shape index (κ1) is 16.8. The molecule has 0 spiro atoms. The lowest BCUT2D eigenvalue weighted by molar-refractivity contribution is 0.261. The Labute approximate surface area is 133 Å². The molecule has 0 amide bonds. The number of nitrogens with zero attached hydrogens (tertiary/aromatic N) is 2. The summed E-state index contributed by atoms with van der Waals surface area (Å²) in [6, 6.07) is 1.87. The van der Waals surface area contributed by atoms with Gasteiger partial charge in [0.2, 0.25) is 10.0 Å². The fraction of sp³-hybridized carbons (Fsp3) is 0.733. The smallest absolute Gasteiger partial charge is 0.244 e. The maximum Gasteiger partial charge on any atom is 0.244 e. The third-order valence-corrected chi connectivity index (χ3v) is 6.61. The normalized spacial score (nSPS) is 17.5. The highest BCUT2D eigenvalue weighted by Crippen LogP contribution is 2.28. The van der Waals surface area contributed by atoms with Crippen molar-refractivity contribution < 1.29 is 8.42 Å². The highest BCUT2D eigenvalue weighted by atomic mass is 35.5. The molecule has 1 aromatic heterocycles. The van der Waals surface area contributed by atoms with Gasteiger partial charge in [0.1, 0.15) is 4.90 Å². The number of rotatable bonds is 6. The summed E-state index contributed by atoms with van der Waals surface area (Å²) in [5.41, 5.74) is 0.859. The van der Waals surface area contributed by atoms with Crippen molar-refractivity contribution in [2.75, 3.05) is 6.54 Å². The van der Waals surface area contributed by atoms with Crippen molar-refractivity contribution in [3.63, 3.8) is 0 Å². The van der Waals surface area contributed by atoms with E-state index in [2.05, 4.69) is 0 Å². The zero-order valence-electron chi connectivity index (χ0n) is 12.9. The molecule has 1 heterocycles. The standard InChI is InChI=1S/C15H25ClN2O2S/c1-3-17-12-15(10-14(17)11-16)21(19,20)18(4-2)13-8-6-5-7-9-13/h10,12-13H,3-9,11H2,1-2H3. The summed E-state index contributed by atoms with van der Waals surface area (Å²) in [4.78, 5) is 0.382. The predicted molar refractivity (Wildman–Crippen MR) is 86.1 cm³/mol. The third kappa shape index (κ3) is 3.46. The Morgan fingerprint density at radius 3 is 2.43 bits per heavy atom. The highest BCUT2D eigenvalue weighted by molar-refractivity contribution is 7.89. The predicted octanol–water partition coefficient (Wildman–Crippen LogP) is 3.59. The second-order valence-electron chi connectivity index (χ2n) is 5.59. The van der Waals surface area contributed by atoms with Gasteiger partial charge in [0.15, 0.2) is 0 Å². The van der Waals surface area contributed by atoms with Crippen molar-refractivity contribution in [3.8, 4) is 0 Å². The molecule has 0 aliphatic heterocycles. The molecule has 21 heavy (non-hydrogen) atoms. The van der Waals surface area contributed by atoms with Crippen LogP contribution in [0.25, 0.3) is 0 Å². The Morgan fingerprint density at radius 2 is 1.95 bits per heavy atom. The molecule has 1 saturated carbocycles. The van der Waals surface area contributed by atoms with Gasteiger partial charge >= 0.3 is 0 Å². The molecule has 0 atom stereocenters. The zero-order chi connectivity index (χ0) is 15.5. The van der Waals surface area contributed by atoms with Crippen LogP contribution in [0.4, 0.5) is 0 Å². The Kier molecular flexibility index (Phi) is 5.74. The molecular formula is C15H25ClN2O2S. The van der Waals surface area contributed by atoms with E-state index in [-0.39, 0.29) is 6.04 Å². The van der Waals surface area contributed by atoms with Crippen LogP contribution in [0.15, 0.2) is 17.2 Å². The van der Waals surface area contributed by atoms with E-state index in [4.69, 9.17) is 11.6 Å². The molecular weight excluding hydrogens is 308 g/mol. The number of halogens is 1. The summed E-state index contributed by atoms with van der Waals surface area (Å²) in [5, 5.41) is 0. The molecule has 1 fully saturated rings. The molecule has 0 unspecified atom stereocenters. The van der Waals surface area contributed by atoms with Gasteiger partial charge in [0.05, 0.1) is 5.88 Å². The van der Waals surface area contributed by atoms with Crippen LogP contribution in [0, 0.1) is 0 Å². The molecule has 1 aliphatic rings. The third-order valence-electron chi connectivity index (χ3n) is 4.34. The number of sulfonamides is 1. The van der Waals surface area contributed by atoms with Gasteiger partial charge in [-0.2, -0.15) is 4.31 Å². The Bertz CT molecular complexity index is 541. The minimum Gasteiger partial charge on any atom is -0.349 e. The number of aryl methyl sites for hydroxylation is 1. The summed E-state index contributed by atoms with van der Waals surface area (Å²) in [7, 11) is -3.42. The zero-order valence-corrected chi connectivity index (χ0v) is 14.5. The van der Waals surface area contributed by atoms with Gasteiger partial charge in [-0.15, -0.1) is 11.6 Å². The molecule has 0 N–H and O–H groups in total. The van der Waals surface area contributed by atoms with Gasteiger partial charge in [-0.05, 0) is 25.8 Å². The Hall–Kier alpha value is -0.520. The van der Waals surface area contributed by atoms with Crippen LogP contribution >= 0.6 is 11.6 Å². The van der Waals surface area contributed by atoms with Crippen molar-refractivity contribution in [3.05, 3.63) is 18.0 Å². The fourth-order valence-corrected chi connectivity index (χ4v) is 5.19. The second kappa shape index (κ2) is 7.16. The lowest BCUT2D eigenvalue weighted by Crippen LogP contribution is -2.41. The first-order valence-corrected chi connectivity index (χ1v) is 9.78. The van der Waals surface area contributed by atoms with Crippen molar-refractivity contribution in [1.82, 2.24) is 8.87 Å². The molecule has 0 bridgehead atoms. The molecule has 2 rings (SSSR count). The number of aromatic nitrogens is 1. The van der Waals surface area contributed by atoms with Crippen LogP contribution in [0.1, 0.15) is 51.6 Å². The molecule has 0 aromatic carbocycles. The van der Waals surface area contributed by atoms with E-state index >= 15 is 0 Å². The number of alkyl halides is 1. The minimum absolute atomic E-state index is 0.151. The van der Waals surface area contributed by atoms with Crippen LogP contribution < -0.4 is 0 Å². The van der Waals surface area contributed by atoms with E-state index in [1.54, 1.807) is 16.6 Å². The molecule has 1 aliphatic carbocycles. The van der Waals surface area contributed by atoms with Crippen molar-refractivity contribution in [2.45, 2.75) is 69.3 Å². The van der Waals surface area contributed by atoms with Crippen LogP contribution in [-0.2, 0) is 22.4 Å². The minimum atomic E-state index is -3.42. The van der Waals surface area contributed by atoms with Gasteiger partial charge < -0.3 is 4.57 Å². The lowest BCUT2D eigenvalue weighted by atomic mass is 9.95. The maximum atomic E-state index is 12.9. The van der Waals surface area contributed by atoms with Crippen LogP contribution in [-0.4, -0.2) is 29.9 Å². The SMILES string of the molecule is CCN(C1CCCCC1)S(=O)(=O)c1cc(CCl)n(CC)c1. The van der Waals surface area contributed by atoms with Crippen molar-refractivity contribution >= 4 is 21.6 Å². The van der Waals surface area contributed by atoms with E-state index < -0.39 is 10.0 Å². The topological polar surface area (TPSA) is 42.3 Å². The Balaban J connectivity index is 2.32. The molecule has 0 saturated heterocycles. The van der Waals surface area contributed by atoms with Gasteiger partial charge in [-0.3, -0.25) is 0 Å². The van der Waals surface area contributed by atoms with E-state index in [1.807, 2.05) is 18.4 Å². The average Bonchev–Trinajstić information content (AvgIpc) is 2.93. The second-order valence-corrected chi connectivity index (χ2v) is 7.74. The van der Waals surface area contributed by atoms with E-state index in [1.165, 1.54) is 6.42 Å². The van der Waals surface area contributed by atoms with Gasteiger partial charge in [0.25, 0.3) is 0 Å². The highest BCUT2D eigenvalue weighted by Gasteiger charge is 2.32. The summed E-state index contributed by atoms with van der Waals surface area (Å²) >= 11 is 5.91. The molecule has 120 valence electrons.